The zero-order valence-electron chi connectivity index (χ0n) is 50.6. The van der Waals surface area contributed by atoms with Crippen molar-refractivity contribution < 1.29 is 57.2 Å². The first-order valence-corrected chi connectivity index (χ1v) is 26.8. The smallest absolute Gasteiger partial charge is 0.345 e. The number of hydrogen-bond donors (Lipinski definition) is 3. The Kier molecular flexibility index (Phi) is 23.9. The van der Waals surface area contributed by atoms with E-state index in [1.54, 1.807) is 72.8 Å². The Morgan fingerprint density at radius 2 is 0.476 bits per heavy atom. The Morgan fingerprint density at radius 1 is 0.317 bits per heavy atom. The second-order valence-electron chi connectivity index (χ2n) is 27.0. The van der Waals surface area contributed by atoms with Gasteiger partial charge in [0.2, 0.25) is 17.8 Å². The third-order valence-corrected chi connectivity index (χ3v) is 10.2. The SMILES string of the molecule is C.CC(C)(C)COC(=O)C(=Cc1ccc(Nc2nc(Nc3ccc(C=C(C(=O)OCC(C)(C)C)C(=O)OCC(C)(C)C)cc3)nc(Nc3ccc(C=C(C(=O)OCC(C)(C)C)C(=O)OCC(C)(C)C)cc3)n2)cc1)C(=O)OCC(C)(C)C. The lowest BCUT2D eigenvalue weighted by molar-refractivity contribution is -0.151. The van der Waals surface area contributed by atoms with Crippen LogP contribution in [0.2, 0.25) is 0 Å². The first-order chi connectivity index (χ1) is 37.3. The molecule has 4 rings (SSSR count). The highest BCUT2D eigenvalue weighted by Crippen LogP contribution is 2.27. The number of benzene rings is 3. The van der Waals surface area contributed by atoms with Crippen molar-refractivity contribution in [3.05, 3.63) is 106 Å². The van der Waals surface area contributed by atoms with Crippen molar-refractivity contribution in [1.82, 2.24) is 15.0 Å². The van der Waals surface area contributed by atoms with Crippen LogP contribution in [0.1, 0.15) is 149 Å². The molecule has 0 spiro atoms. The van der Waals surface area contributed by atoms with Crippen molar-refractivity contribution in [2.75, 3.05) is 55.6 Å². The van der Waals surface area contributed by atoms with E-state index in [9.17, 15) is 28.8 Å². The number of anilines is 6. The molecule has 0 fully saturated rings. The number of carbonyl (C=O) groups is 6. The van der Waals surface area contributed by atoms with E-state index < -0.39 is 35.8 Å². The van der Waals surface area contributed by atoms with Crippen LogP contribution in [0.25, 0.3) is 18.2 Å². The molecule has 0 aliphatic rings. The minimum Gasteiger partial charge on any atom is -0.461 e. The van der Waals surface area contributed by atoms with Crippen LogP contribution in [0, 0.1) is 32.5 Å². The topological polar surface area (TPSA) is 233 Å². The first kappa shape index (κ1) is 68.4. The van der Waals surface area contributed by atoms with Crippen molar-refractivity contribution >= 4 is 89.0 Å². The molecular formula is C64H88N6O12. The molecule has 4 aromatic rings. The fourth-order valence-electron chi connectivity index (χ4n) is 6.18. The van der Waals surface area contributed by atoms with Gasteiger partial charge in [0.25, 0.3) is 0 Å². The highest BCUT2D eigenvalue weighted by atomic mass is 16.6. The fraction of sp³-hybridized carbons (Fsp3) is 0.484. The van der Waals surface area contributed by atoms with E-state index in [-0.39, 0.29) is 114 Å². The molecule has 0 aliphatic heterocycles. The van der Waals surface area contributed by atoms with Crippen LogP contribution in [-0.4, -0.2) is 90.4 Å². The van der Waals surface area contributed by atoms with Gasteiger partial charge in [0.1, 0.15) is 16.7 Å². The number of esters is 6. The molecule has 0 aliphatic carbocycles. The average Bonchev–Trinajstić information content (AvgIpc) is 3.41. The van der Waals surface area contributed by atoms with Crippen molar-refractivity contribution in [1.29, 1.82) is 0 Å². The zero-order valence-corrected chi connectivity index (χ0v) is 50.6. The molecule has 18 nitrogen and oxygen atoms in total. The highest BCUT2D eigenvalue weighted by molar-refractivity contribution is 6.19. The summed E-state index contributed by atoms with van der Waals surface area (Å²) in [5.74, 6) is -4.50. The summed E-state index contributed by atoms with van der Waals surface area (Å²) in [6.45, 7) is 35.0. The first-order valence-electron chi connectivity index (χ1n) is 26.8. The van der Waals surface area contributed by atoms with Gasteiger partial charge in [0, 0.05) is 17.1 Å². The third-order valence-electron chi connectivity index (χ3n) is 10.2. The molecular weight excluding hydrogens is 1040 g/mol. The Bertz CT molecular complexity index is 2510. The molecule has 1 aromatic heterocycles. The monoisotopic (exact) mass is 1130 g/mol. The van der Waals surface area contributed by atoms with Gasteiger partial charge in [0.05, 0.1) is 39.6 Å². The highest BCUT2D eigenvalue weighted by Gasteiger charge is 2.29. The van der Waals surface area contributed by atoms with E-state index in [0.29, 0.717) is 33.8 Å². The molecule has 0 atom stereocenters. The van der Waals surface area contributed by atoms with E-state index in [4.69, 9.17) is 28.4 Å². The summed E-state index contributed by atoms with van der Waals surface area (Å²) in [4.78, 5) is 93.7. The number of rotatable bonds is 21. The molecule has 0 bridgehead atoms. The van der Waals surface area contributed by atoms with Crippen molar-refractivity contribution in [3.63, 3.8) is 0 Å². The number of carbonyl (C=O) groups excluding carboxylic acids is 6. The van der Waals surface area contributed by atoms with Gasteiger partial charge < -0.3 is 44.4 Å². The third kappa shape index (κ3) is 26.1. The van der Waals surface area contributed by atoms with E-state index in [1.807, 2.05) is 125 Å². The van der Waals surface area contributed by atoms with Gasteiger partial charge in [-0.3, -0.25) is 0 Å². The summed E-state index contributed by atoms with van der Waals surface area (Å²) in [6.07, 6.45) is 4.27. The van der Waals surface area contributed by atoms with Crippen molar-refractivity contribution in [2.24, 2.45) is 32.5 Å². The molecule has 1 heterocycles. The van der Waals surface area contributed by atoms with Gasteiger partial charge in [0.15, 0.2) is 0 Å². The number of ether oxygens (including phenoxy) is 6. The van der Waals surface area contributed by atoms with E-state index in [2.05, 4.69) is 30.9 Å². The fourth-order valence-corrected chi connectivity index (χ4v) is 6.18. The predicted molar refractivity (Wildman–Crippen MR) is 322 cm³/mol. The molecule has 0 unspecified atom stereocenters. The summed E-state index contributed by atoms with van der Waals surface area (Å²) in [5, 5.41) is 9.60. The lowest BCUT2D eigenvalue weighted by atomic mass is 9.98. The van der Waals surface area contributed by atoms with Crippen molar-refractivity contribution in [3.8, 4) is 0 Å². The normalized spacial score (nSPS) is 11.8. The summed E-state index contributed by atoms with van der Waals surface area (Å²) in [6, 6.07) is 20.5. The molecule has 82 heavy (non-hydrogen) atoms. The Morgan fingerprint density at radius 3 is 0.622 bits per heavy atom. The molecule has 18 heteroatoms. The molecule has 0 amide bonds. The zero-order chi connectivity index (χ0) is 60.7. The van der Waals surface area contributed by atoms with Gasteiger partial charge in [-0.25, -0.2) is 28.8 Å². The molecule has 3 aromatic carbocycles. The molecule has 0 saturated carbocycles. The van der Waals surface area contributed by atoms with Crippen LogP contribution in [0.15, 0.2) is 89.5 Å². The maximum absolute atomic E-state index is 13.3. The van der Waals surface area contributed by atoms with Gasteiger partial charge in [-0.15, -0.1) is 0 Å². The van der Waals surface area contributed by atoms with Crippen LogP contribution in [0.3, 0.4) is 0 Å². The number of nitrogens with zero attached hydrogens (tertiary/aromatic N) is 3. The number of aromatic nitrogens is 3. The maximum Gasteiger partial charge on any atom is 0.345 e. The number of nitrogens with one attached hydrogen (secondary N) is 3. The van der Waals surface area contributed by atoms with Crippen LogP contribution in [0.4, 0.5) is 34.9 Å². The molecule has 0 saturated heterocycles. The van der Waals surface area contributed by atoms with E-state index in [1.165, 1.54) is 18.2 Å². The second-order valence-corrected chi connectivity index (χ2v) is 27.0. The van der Waals surface area contributed by atoms with Gasteiger partial charge in [-0.2, -0.15) is 15.0 Å². The van der Waals surface area contributed by atoms with Crippen LogP contribution < -0.4 is 16.0 Å². The predicted octanol–water partition coefficient (Wildman–Crippen LogP) is 13.4. The summed E-state index contributed by atoms with van der Waals surface area (Å²) < 4.78 is 33.1. The Labute approximate surface area is 485 Å². The van der Waals surface area contributed by atoms with E-state index in [0.717, 1.165) is 0 Å². The summed E-state index contributed by atoms with van der Waals surface area (Å²) in [5.41, 5.74) is 0.331. The maximum atomic E-state index is 13.3. The van der Waals surface area contributed by atoms with Crippen LogP contribution >= 0.6 is 0 Å². The van der Waals surface area contributed by atoms with Crippen LogP contribution in [0.5, 0.6) is 0 Å². The van der Waals surface area contributed by atoms with Crippen molar-refractivity contribution in [2.45, 2.75) is 132 Å². The minimum absolute atomic E-state index is 0. The van der Waals surface area contributed by atoms with Crippen LogP contribution in [-0.2, 0) is 57.2 Å². The van der Waals surface area contributed by atoms with Gasteiger partial charge >= 0.3 is 35.8 Å². The standard InChI is InChI=1S/C63H84N6O12.CH4/c1-58(2,3)34-76-49(70)46(50(71)77-35-59(4,5)6)31-40-19-25-43(26-20-40)64-55-67-56(65-44-27-21-41(22-28-44)32-47(51(72)78-36-60(7,8)9)52(73)79-37-61(10,11)12)69-57(68-55)66-45-29-23-42(24-30-45)33-48(53(74)80-38-62(13,14)15)54(75)81-39-63(16,17)18;/h19-33H,34-39H2,1-18H3,(H3,64,65,66,67,68,69);1H4. The molecule has 3 N–H and O–H groups in total. The largest absolute Gasteiger partial charge is 0.461 e. The lowest BCUT2D eigenvalue weighted by Crippen LogP contribution is -2.25. The van der Waals surface area contributed by atoms with Gasteiger partial charge in [-0.1, -0.05) is 168 Å². The summed E-state index contributed by atoms with van der Waals surface area (Å²) in [7, 11) is 0. The van der Waals surface area contributed by atoms with Gasteiger partial charge in [-0.05, 0) is 104 Å². The second kappa shape index (κ2) is 28.7. The average molecular weight is 1130 g/mol. The summed E-state index contributed by atoms with van der Waals surface area (Å²) >= 11 is 0. The molecule has 0 radical (unpaired) electrons. The molecule has 446 valence electrons. The number of hydrogen-bond acceptors (Lipinski definition) is 18. The van der Waals surface area contributed by atoms with E-state index >= 15 is 0 Å². The Balaban J connectivity index is 0.0000176. The Hall–Kier alpha value is -7.89. The lowest BCUT2D eigenvalue weighted by Gasteiger charge is -2.20. The minimum atomic E-state index is -0.803. The quantitative estimate of drug-likeness (QED) is 0.0231.